The van der Waals surface area contributed by atoms with Gasteiger partial charge in [-0.2, -0.15) is 0 Å². The van der Waals surface area contributed by atoms with Crippen molar-refractivity contribution < 1.29 is 9.18 Å². The number of nitrogens with two attached hydrogens (primary N) is 1. The van der Waals surface area contributed by atoms with Crippen LogP contribution in [-0.4, -0.2) is 32.1 Å². The van der Waals surface area contributed by atoms with Crippen LogP contribution in [0.1, 0.15) is 36.5 Å². The van der Waals surface area contributed by atoms with Crippen LogP contribution in [0.4, 0.5) is 10.1 Å². The second kappa shape index (κ2) is 7.41. The monoisotopic (exact) mass is 293 g/mol. The maximum atomic E-state index is 14.3. The molecule has 1 aliphatic heterocycles. The summed E-state index contributed by atoms with van der Waals surface area (Å²) in [5, 5.41) is 3.39. The van der Waals surface area contributed by atoms with Gasteiger partial charge >= 0.3 is 0 Å². The molecule has 1 amide bonds. The van der Waals surface area contributed by atoms with E-state index in [1.807, 2.05) is 0 Å². The van der Waals surface area contributed by atoms with Crippen molar-refractivity contribution in [3.05, 3.63) is 29.6 Å². The number of rotatable bonds is 6. The number of nitrogens with one attached hydrogen (secondary N) is 1. The maximum absolute atomic E-state index is 14.3. The normalized spacial score (nSPS) is 18.5. The number of nitrogens with zero attached hydrogens (tertiary/aromatic N) is 1. The first kappa shape index (κ1) is 15.8. The molecule has 1 saturated heterocycles. The van der Waals surface area contributed by atoms with Gasteiger partial charge in [0.15, 0.2) is 0 Å². The Morgan fingerprint density at radius 2 is 2.33 bits per heavy atom. The van der Waals surface area contributed by atoms with Crippen LogP contribution in [0.25, 0.3) is 0 Å². The van der Waals surface area contributed by atoms with Crippen molar-refractivity contribution in [1.82, 2.24) is 5.32 Å². The molecule has 1 unspecified atom stereocenters. The quantitative estimate of drug-likeness (QED) is 0.845. The van der Waals surface area contributed by atoms with E-state index in [2.05, 4.69) is 17.1 Å². The van der Waals surface area contributed by atoms with Crippen LogP contribution < -0.4 is 16.0 Å². The zero-order valence-electron chi connectivity index (χ0n) is 12.6. The largest absolute Gasteiger partial charge is 0.369 e. The zero-order chi connectivity index (χ0) is 15.2. The molecule has 1 aromatic carbocycles. The molecular formula is C16H24FN3O. The van der Waals surface area contributed by atoms with E-state index in [9.17, 15) is 9.18 Å². The lowest BCUT2D eigenvalue weighted by molar-refractivity contribution is 0.1000. The third kappa shape index (κ3) is 4.17. The number of piperidine rings is 1. The molecule has 0 saturated carbocycles. The maximum Gasteiger partial charge on any atom is 0.248 e. The number of benzene rings is 1. The van der Waals surface area contributed by atoms with E-state index < -0.39 is 5.91 Å². The number of hydrogen-bond donors (Lipinski definition) is 2. The van der Waals surface area contributed by atoms with E-state index in [1.165, 1.54) is 18.9 Å². The minimum Gasteiger partial charge on any atom is -0.369 e. The fraction of sp³-hybridized carbons (Fsp3) is 0.562. The van der Waals surface area contributed by atoms with Gasteiger partial charge in [-0.25, -0.2) is 4.39 Å². The number of hydrogen-bond acceptors (Lipinski definition) is 3. The highest BCUT2D eigenvalue weighted by atomic mass is 19.1. The van der Waals surface area contributed by atoms with E-state index in [0.717, 1.165) is 32.6 Å². The SMILES string of the molecule is CCCN(CC1CCCNC1)c1ccc(C(N)=O)cc1F. The van der Waals surface area contributed by atoms with E-state index in [0.29, 0.717) is 11.6 Å². The van der Waals surface area contributed by atoms with Crippen LogP contribution in [0.3, 0.4) is 0 Å². The third-order valence-corrected chi connectivity index (χ3v) is 3.94. The van der Waals surface area contributed by atoms with E-state index in [4.69, 9.17) is 5.73 Å². The lowest BCUT2D eigenvalue weighted by Gasteiger charge is -2.31. The summed E-state index contributed by atoms with van der Waals surface area (Å²) >= 11 is 0. The summed E-state index contributed by atoms with van der Waals surface area (Å²) in [6.07, 6.45) is 3.30. The molecule has 4 nitrogen and oxygen atoms in total. The molecular weight excluding hydrogens is 269 g/mol. The molecule has 0 spiro atoms. The number of carbonyl (C=O) groups excluding carboxylic acids is 1. The summed E-state index contributed by atoms with van der Waals surface area (Å²) in [6, 6.07) is 4.50. The average molecular weight is 293 g/mol. The van der Waals surface area contributed by atoms with Crippen molar-refractivity contribution in [3.8, 4) is 0 Å². The van der Waals surface area contributed by atoms with E-state index in [-0.39, 0.29) is 11.4 Å². The van der Waals surface area contributed by atoms with Gasteiger partial charge in [-0.15, -0.1) is 0 Å². The van der Waals surface area contributed by atoms with Gasteiger partial charge in [-0.1, -0.05) is 6.92 Å². The summed E-state index contributed by atoms with van der Waals surface area (Å²) in [7, 11) is 0. The number of primary amides is 1. The molecule has 1 aliphatic rings. The highest BCUT2D eigenvalue weighted by Crippen LogP contribution is 2.23. The van der Waals surface area contributed by atoms with Crippen molar-refractivity contribution in [2.45, 2.75) is 26.2 Å². The molecule has 21 heavy (non-hydrogen) atoms. The number of amides is 1. The van der Waals surface area contributed by atoms with Gasteiger partial charge < -0.3 is 16.0 Å². The van der Waals surface area contributed by atoms with Crippen LogP contribution in [-0.2, 0) is 0 Å². The molecule has 0 radical (unpaired) electrons. The number of anilines is 1. The second-order valence-corrected chi connectivity index (χ2v) is 5.69. The Balaban J connectivity index is 2.14. The standard InChI is InChI=1S/C16H24FN3O/c1-2-8-20(11-12-4-3-7-19-10-12)15-6-5-13(16(18)21)9-14(15)17/h5-6,9,12,19H,2-4,7-8,10-11H2,1H3,(H2,18,21). The minimum absolute atomic E-state index is 0.215. The number of halogens is 1. The molecule has 0 bridgehead atoms. The molecule has 1 heterocycles. The molecule has 2 rings (SSSR count). The molecule has 0 aromatic heterocycles. The van der Waals surface area contributed by atoms with Crippen molar-refractivity contribution in [2.24, 2.45) is 11.7 Å². The molecule has 0 aliphatic carbocycles. The Morgan fingerprint density at radius 1 is 1.52 bits per heavy atom. The van der Waals surface area contributed by atoms with Crippen LogP contribution in [0.15, 0.2) is 18.2 Å². The topological polar surface area (TPSA) is 58.4 Å². The van der Waals surface area contributed by atoms with Crippen molar-refractivity contribution in [3.63, 3.8) is 0 Å². The van der Waals surface area contributed by atoms with Crippen molar-refractivity contribution in [2.75, 3.05) is 31.1 Å². The van der Waals surface area contributed by atoms with Gasteiger partial charge in [0.2, 0.25) is 5.91 Å². The van der Waals surface area contributed by atoms with Gasteiger partial charge in [-0.3, -0.25) is 4.79 Å². The van der Waals surface area contributed by atoms with Crippen LogP contribution >= 0.6 is 0 Å². The third-order valence-electron chi connectivity index (χ3n) is 3.94. The highest BCUT2D eigenvalue weighted by Gasteiger charge is 2.19. The summed E-state index contributed by atoms with van der Waals surface area (Å²) in [5.74, 6) is -0.428. The Morgan fingerprint density at radius 3 is 2.90 bits per heavy atom. The van der Waals surface area contributed by atoms with Crippen LogP contribution in [0, 0.1) is 11.7 Å². The Kier molecular flexibility index (Phi) is 5.56. The molecule has 5 heteroatoms. The molecule has 116 valence electrons. The predicted molar refractivity (Wildman–Crippen MR) is 83.0 cm³/mol. The lowest BCUT2D eigenvalue weighted by Crippen LogP contribution is -2.39. The van der Waals surface area contributed by atoms with Gasteiger partial charge in [0, 0.05) is 18.7 Å². The van der Waals surface area contributed by atoms with Crippen molar-refractivity contribution >= 4 is 11.6 Å². The van der Waals surface area contributed by atoms with Gasteiger partial charge in [0.05, 0.1) is 5.69 Å². The first-order valence-electron chi connectivity index (χ1n) is 7.66. The fourth-order valence-corrected chi connectivity index (χ4v) is 2.89. The summed E-state index contributed by atoms with van der Waals surface area (Å²) in [6.45, 7) is 5.80. The predicted octanol–water partition coefficient (Wildman–Crippen LogP) is 2.14. The summed E-state index contributed by atoms with van der Waals surface area (Å²) in [5.41, 5.74) is 5.97. The molecule has 1 atom stereocenters. The molecule has 3 N–H and O–H groups in total. The molecule has 1 fully saturated rings. The Labute approximate surface area is 125 Å². The summed E-state index contributed by atoms with van der Waals surface area (Å²) < 4.78 is 14.3. The van der Waals surface area contributed by atoms with Crippen LogP contribution in [0.2, 0.25) is 0 Å². The summed E-state index contributed by atoms with van der Waals surface area (Å²) in [4.78, 5) is 13.2. The van der Waals surface area contributed by atoms with Gasteiger partial charge in [-0.05, 0) is 56.5 Å². The Bertz CT molecular complexity index is 486. The van der Waals surface area contributed by atoms with E-state index in [1.54, 1.807) is 12.1 Å². The first-order valence-corrected chi connectivity index (χ1v) is 7.66. The van der Waals surface area contributed by atoms with Crippen molar-refractivity contribution in [1.29, 1.82) is 0 Å². The van der Waals surface area contributed by atoms with Gasteiger partial charge in [0.25, 0.3) is 0 Å². The average Bonchev–Trinajstić information content (AvgIpc) is 2.48. The Hall–Kier alpha value is -1.62. The fourth-order valence-electron chi connectivity index (χ4n) is 2.89. The zero-order valence-corrected chi connectivity index (χ0v) is 12.6. The lowest BCUT2D eigenvalue weighted by atomic mass is 9.98. The second-order valence-electron chi connectivity index (χ2n) is 5.69. The van der Waals surface area contributed by atoms with Gasteiger partial charge in [0.1, 0.15) is 5.82 Å². The smallest absolute Gasteiger partial charge is 0.248 e. The minimum atomic E-state index is -0.598. The van der Waals surface area contributed by atoms with Crippen LogP contribution in [0.5, 0.6) is 0 Å². The highest BCUT2D eigenvalue weighted by molar-refractivity contribution is 5.93. The molecule has 1 aromatic rings. The number of carbonyl (C=O) groups is 1. The first-order chi connectivity index (χ1) is 10.1. The van der Waals surface area contributed by atoms with E-state index >= 15 is 0 Å².